The van der Waals surface area contributed by atoms with E-state index >= 15 is 0 Å². The second-order valence-corrected chi connectivity index (χ2v) is 7.65. The van der Waals surface area contributed by atoms with E-state index in [1.165, 1.54) is 29.8 Å². The highest BCUT2D eigenvalue weighted by molar-refractivity contribution is 7.20. The van der Waals surface area contributed by atoms with Crippen molar-refractivity contribution in [2.75, 3.05) is 31.7 Å². The van der Waals surface area contributed by atoms with E-state index < -0.39 is 17.8 Å². The normalized spacial score (nSPS) is 11.3. The number of nitrogens with zero attached hydrogens (tertiary/aromatic N) is 2. The van der Waals surface area contributed by atoms with Crippen LogP contribution < -0.4 is 15.8 Å². The number of rotatable bonds is 11. The van der Waals surface area contributed by atoms with E-state index in [1.807, 2.05) is 13.8 Å². The standard InChI is InChI=1S/C21H25FN4O4S/c1-4-28-9-14(10-29-5-2)30-16-8-13(22)6-7-15(16)26-20-17-12(3)18(19(23)27)31-21(17)25-11-24-20/h6-8,11,14H,4-5,9-10H2,1-3H3,(H2,23,27)(H,24,25,26). The fraction of sp³-hybridized carbons (Fsp3) is 0.381. The Morgan fingerprint density at radius 3 is 2.58 bits per heavy atom. The molecular weight excluding hydrogens is 423 g/mol. The molecule has 0 unspecified atom stereocenters. The van der Waals surface area contributed by atoms with Gasteiger partial charge in [0.15, 0.2) is 0 Å². The summed E-state index contributed by atoms with van der Waals surface area (Å²) >= 11 is 1.20. The van der Waals surface area contributed by atoms with Gasteiger partial charge in [-0.2, -0.15) is 0 Å². The summed E-state index contributed by atoms with van der Waals surface area (Å²) in [4.78, 5) is 21.3. The van der Waals surface area contributed by atoms with Crippen molar-refractivity contribution >= 4 is 39.0 Å². The zero-order valence-electron chi connectivity index (χ0n) is 17.6. The highest BCUT2D eigenvalue weighted by Crippen LogP contribution is 2.36. The third-order valence-electron chi connectivity index (χ3n) is 4.46. The summed E-state index contributed by atoms with van der Waals surface area (Å²) in [5.74, 6) is -0.206. The number of anilines is 2. The summed E-state index contributed by atoms with van der Waals surface area (Å²) in [6, 6.07) is 4.18. The number of aryl methyl sites for hydroxylation is 1. The number of hydrogen-bond acceptors (Lipinski definition) is 8. The lowest BCUT2D eigenvalue weighted by molar-refractivity contribution is -0.0000491. The van der Waals surface area contributed by atoms with Gasteiger partial charge in [0, 0.05) is 19.3 Å². The smallest absolute Gasteiger partial charge is 0.259 e. The van der Waals surface area contributed by atoms with Crippen LogP contribution in [0.15, 0.2) is 24.5 Å². The number of nitrogens with two attached hydrogens (primary N) is 1. The molecule has 0 bridgehead atoms. The van der Waals surface area contributed by atoms with Crippen LogP contribution in [-0.4, -0.2) is 48.4 Å². The van der Waals surface area contributed by atoms with Crippen molar-refractivity contribution in [1.29, 1.82) is 0 Å². The Kier molecular flexibility index (Phi) is 7.72. The maximum atomic E-state index is 14.0. The molecule has 8 nitrogen and oxygen atoms in total. The number of thiophene rings is 1. The van der Waals surface area contributed by atoms with Gasteiger partial charge in [0.05, 0.1) is 29.2 Å². The molecule has 10 heteroatoms. The van der Waals surface area contributed by atoms with Crippen molar-refractivity contribution in [1.82, 2.24) is 9.97 Å². The molecule has 3 aromatic rings. The van der Waals surface area contributed by atoms with Gasteiger partial charge in [0.25, 0.3) is 5.91 Å². The van der Waals surface area contributed by atoms with Crippen molar-refractivity contribution in [2.24, 2.45) is 5.73 Å². The molecule has 166 valence electrons. The first-order chi connectivity index (χ1) is 14.9. The molecule has 0 atom stereocenters. The zero-order chi connectivity index (χ0) is 22.4. The van der Waals surface area contributed by atoms with Gasteiger partial charge in [0.2, 0.25) is 0 Å². The number of ether oxygens (including phenoxy) is 3. The van der Waals surface area contributed by atoms with Crippen LogP contribution in [0.3, 0.4) is 0 Å². The number of fused-ring (bicyclic) bond motifs is 1. The quantitative estimate of drug-likeness (QED) is 0.459. The maximum absolute atomic E-state index is 14.0. The van der Waals surface area contributed by atoms with Gasteiger partial charge in [-0.05, 0) is 38.5 Å². The van der Waals surface area contributed by atoms with Gasteiger partial charge in [-0.3, -0.25) is 4.79 Å². The van der Waals surface area contributed by atoms with Crippen molar-refractivity contribution in [3.8, 4) is 5.75 Å². The van der Waals surface area contributed by atoms with Gasteiger partial charge >= 0.3 is 0 Å². The van der Waals surface area contributed by atoms with Crippen LogP contribution in [0.25, 0.3) is 10.2 Å². The van der Waals surface area contributed by atoms with Crippen LogP contribution in [0.5, 0.6) is 5.75 Å². The summed E-state index contributed by atoms with van der Waals surface area (Å²) in [5, 5.41) is 3.86. The van der Waals surface area contributed by atoms with E-state index in [0.717, 1.165) is 0 Å². The largest absolute Gasteiger partial charge is 0.483 e. The Hall–Kier alpha value is -2.82. The minimum atomic E-state index is -0.521. The molecule has 3 N–H and O–H groups in total. The highest BCUT2D eigenvalue weighted by atomic mass is 32.1. The number of halogens is 1. The average Bonchev–Trinajstić information content (AvgIpc) is 3.09. The number of hydrogen-bond donors (Lipinski definition) is 2. The molecule has 0 aliphatic rings. The number of benzene rings is 1. The summed E-state index contributed by atoms with van der Waals surface area (Å²) < 4.78 is 31.0. The van der Waals surface area contributed by atoms with Gasteiger partial charge in [-0.25, -0.2) is 14.4 Å². The topological polar surface area (TPSA) is 109 Å². The van der Waals surface area contributed by atoms with E-state index in [1.54, 1.807) is 13.0 Å². The molecule has 3 rings (SSSR count). The molecule has 0 fully saturated rings. The number of aromatic nitrogens is 2. The van der Waals surface area contributed by atoms with E-state index in [-0.39, 0.29) is 0 Å². The van der Waals surface area contributed by atoms with Crippen LogP contribution in [0.1, 0.15) is 29.1 Å². The molecular formula is C21H25FN4O4S. The molecule has 0 aliphatic heterocycles. The lowest BCUT2D eigenvalue weighted by atomic mass is 10.2. The van der Waals surface area contributed by atoms with Crippen molar-refractivity contribution in [3.63, 3.8) is 0 Å². The Bertz CT molecular complexity index is 1050. The molecule has 0 saturated heterocycles. The number of primary amides is 1. The first-order valence-electron chi connectivity index (χ1n) is 9.87. The van der Waals surface area contributed by atoms with Gasteiger partial charge in [-0.15, -0.1) is 11.3 Å². The van der Waals surface area contributed by atoms with E-state index in [4.69, 9.17) is 19.9 Å². The predicted molar refractivity (Wildman–Crippen MR) is 118 cm³/mol. The van der Waals surface area contributed by atoms with Crippen LogP contribution in [0.2, 0.25) is 0 Å². The number of carbonyl (C=O) groups excluding carboxylic acids is 1. The van der Waals surface area contributed by atoms with Gasteiger partial charge in [-0.1, -0.05) is 0 Å². The highest BCUT2D eigenvalue weighted by Gasteiger charge is 2.20. The monoisotopic (exact) mass is 448 g/mol. The summed E-state index contributed by atoms with van der Waals surface area (Å²) in [7, 11) is 0. The Labute approximate surface area is 183 Å². The molecule has 0 saturated carbocycles. The SMILES string of the molecule is CCOCC(COCC)Oc1cc(F)ccc1Nc1ncnc2sc(C(N)=O)c(C)c12. The van der Waals surface area contributed by atoms with E-state index in [0.29, 0.717) is 64.3 Å². The van der Waals surface area contributed by atoms with Gasteiger partial charge < -0.3 is 25.3 Å². The Morgan fingerprint density at radius 1 is 1.23 bits per heavy atom. The first kappa shape index (κ1) is 22.9. The fourth-order valence-corrected chi connectivity index (χ4v) is 4.02. The third kappa shape index (κ3) is 5.46. The Balaban J connectivity index is 1.94. The molecule has 1 amide bonds. The summed E-state index contributed by atoms with van der Waals surface area (Å²) in [6.07, 6.45) is 0.972. The number of nitrogens with one attached hydrogen (secondary N) is 1. The molecule has 2 aromatic heterocycles. The van der Waals surface area contributed by atoms with Crippen molar-refractivity contribution in [3.05, 3.63) is 40.8 Å². The minimum absolute atomic E-state index is 0.291. The number of carbonyl (C=O) groups is 1. The molecule has 31 heavy (non-hydrogen) atoms. The molecule has 0 aliphatic carbocycles. The van der Waals surface area contributed by atoms with Crippen LogP contribution >= 0.6 is 11.3 Å². The van der Waals surface area contributed by atoms with E-state index in [2.05, 4.69) is 15.3 Å². The third-order valence-corrected chi connectivity index (χ3v) is 5.67. The molecule has 2 heterocycles. The molecule has 0 spiro atoms. The van der Waals surface area contributed by atoms with Crippen molar-refractivity contribution in [2.45, 2.75) is 26.9 Å². The Morgan fingerprint density at radius 2 is 1.94 bits per heavy atom. The van der Waals surface area contributed by atoms with Gasteiger partial charge in [0.1, 0.15) is 34.6 Å². The van der Waals surface area contributed by atoms with Crippen LogP contribution in [0, 0.1) is 12.7 Å². The van der Waals surface area contributed by atoms with Crippen LogP contribution in [-0.2, 0) is 9.47 Å². The van der Waals surface area contributed by atoms with Crippen molar-refractivity contribution < 1.29 is 23.4 Å². The number of amides is 1. The lowest BCUT2D eigenvalue weighted by Crippen LogP contribution is -2.29. The predicted octanol–water partition coefficient (Wildman–Crippen LogP) is 3.80. The zero-order valence-corrected chi connectivity index (χ0v) is 18.4. The van der Waals surface area contributed by atoms with Crippen LogP contribution in [0.4, 0.5) is 15.9 Å². The molecule has 1 aromatic carbocycles. The first-order valence-corrected chi connectivity index (χ1v) is 10.7. The second-order valence-electron chi connectivity index (χ2n) is 6.65. The average molecular weight is 449 g/mol. The lowest BCUT2D eigenvalue weighted by Gasteiger charge is -2.21. The second kappa shape index (κ2) is 10.5. The summed E-state index contributed by atoms with van der Waals surface area (Å²) in [6.45, 7) is 7.21. The molecule has 0 radical (unpaired) electrons. The maximum Gasteiger partial charge on any atom is 0.259 e. The minimum Gasteiger partial charge on any atom is -0.483 e. The van der Waals surface area contributed by atoms with E-state index in [9.17, 15) is 9.18 Å². The fourth-order valence-electron chi connectivity index (χ4n) is 3.02. The summed E-state index contributed by atoms with van der Waals surface area (Å²) in [5.41, 5.74) is 6.67.